The third kappa shape index (κ3) is 4.83. The topological polar surface area (TPSA) is 132 Å². The molecule has 2 aromatic rings. The molecule has 9 heteroatoms. The molecule has 5 atom stereocenters. The minimum absolute atomic E-state index is 0.381. The first-order chi connectivity index (χ1) is 15.9. The third-order valence-corrected chi connectivity index (χ3v) is 6.16. The fraction of sp³-hybridized carbons (Fsp3) is 0.458. The summed E-state index contributed by atoms with van der Waals surface area (Å²) >= 11 is 0. The summed E-state index contributed by atoms with van der Waals surface area (Å²) in [6.45, 7) is 1.73. The molecule has 0 aliphatic carbocycles. The van der Waals surface area contributed by atoms with E-state index in [0.29, 0.717) is 5.75 Å². The van der Waals surface area contributed by atoms with E-state index in [9.17, 15) is 25.2 Å². The average Bonchev–Trinajstić information content (AvgIpc) is 2.96. The van der Waals surface area contributed by atoms with Crippen LogP contribution >= 0.6 is 0 Å². The first-order valence-corrected chi connectivity index (χ1v) is 11.1. The second kappa shape index (κ2) is 10.1. The van der Waals surface area contributed by atoms with E-state index < -0.39 is 36.7 Å². The summed E-state index contributed by atoms with van der Waals surface area (Å²) < 4.78 is 11.0. The van der Waals surface area contributed by atoms with Crippen molar-refractivity contribution >= 4 is 17.3 Å². The molecule has 2 heterocycles. The van der Waals surface area contributed by atoms with E-state index in [-0.39, 0.29) is 0 Å². The highest BCUT2D eigenvalue weighted by atomic mass is 16.7. The van der Waals surface area contributed by atoms with Crippen molar-refractivity contribution in [3.05, 3.63) is 53.6 Å². The number of aliphatic hydroxyl groups is 3. The number of carboxylic acids is 1. The second-order valence-corrected chi connectivity index (χ2v) is 8.38. The van der Waals surface area contributed by atoms with Gasteiger partial charge in [-0.3, -0.25) is 0 Å². The van der Waals surface area contributed by atoms with E-state index in [0.717, 1.165) is 43.6 Å². The van der Waals surface area contributed by atoms with Crippen LogP contribution in [0.1, 0.15) is 17.5 Å². The van der Waals surface area contributed by atoms with Gasteiger partial charge in [-0.2, -0.15) is 0 Å². The highest BCUT2D eigenvalue weighted by Crippen LogP contribution is 2.38. The maximum atomic E-state index is 11.4. The maximum absolute atomic E-state index is 11.4. The number of ether oxygens (including phenoxy) is 2. The Balaban J connectivity index is 1.59. The summed E-state index contributed by atoms with van der Waals surface area (Å²) in [6, 6.07) is 13.9. The van der Waals surface area contributed by atoms with Gasteiger partial charge in [0.05, 0.1) is 0 Å². The van der Waals surface area contributed by atoms with Gasteiger partial charge in [0, 0.05) is 17.9 Å². The molecule has 1 fully saturated rings. The first-order valence-electron chi connectivity index (χ1n) is 11.1. The molecule has 2 aliphatic heterocycles. The fourth-order valence-corrected chi connectivity index (χ4v) is 4.42. The normalized spacial score (nSPS) is 26.8. The summed E-state index contributed by atoms with van der Waals surface area (Å²) in [5.74, 6) is -1.06. The SMILES string of the molecule is CNCCCN1c2ccccc2CCc2cc(O[C@H]3O[C@H](C(=O)O)[C@H](O)[C@H](O)[C@H]3O)ccc21. The van der Waals surface area contributed by atoms with Crippen LogP contribution in [0.2, 0.25) is 0 Å². The summed E-state index contributed by atoms with van der Waals surface area (Å²) in [5, 5.41) is 42.6. The lowest BCUT2D eigenvalue weighted by molar-refractivity contribution is -0.271. The van der Waals surface area contributed by atoms with E-state index in [2.05, 4.69) is 22.3 Å². The van der Waals surface area contributed by atoms with Gasteiger partial charge in [0.1, 0.15) is 24.1 Å². The molecular weight excluding hydrogens is 428 g/mol. The number of aliphatic hydroxyl groups excluding tert-OH is 3. The van der Waals surface area contributed by atoms with Crippen molar-refractivity contribution in [3.63, 3.8) is 0 Å². The Kier molecular flexibility index (Phi) is 7.16. The smallest absolute Gasteiger partial charge is 0.335 e. The molecule has 0 radical (unpaired) electrons. The third-order valence-electron chi connectivity index (χ3n) is 6.16. The molecular formula is C24H30N2O7. The zero-order valence-corrected chi connectivity index (χ0v) is 18.4. The number of carboxylic acid groups (broad SMARTS) is 1. The zero-order valence-electron chi connectivity index (χ0n) is 18.4. The number of anilines is 2. The Hall–Kier alpha value is -2.69. The van der Waals surface area contributed by atoms with Gasteiger partial charge < -0.3 is 40.1 Å². The molecule has 0 aromatic heterocycles. The summed E-state index contributed by atoms with van der Waals surface area (Å²) in [6.07, 6.45) is -5.61. The molecule has 178 valence electrons. The van der Waals surface area contributed by atoms with Crippen LogP contribution in [0.4, 0.5) is 11.4 Å². The van der Waals surface area contributed by atoms with Gasteiger partial charge >= 0.3 is 5.97 Å². The van der Waals surface area contributed by atoms with Gasteiger partial charge in [0.25, 0.3) is 0 Å². The second-order valence-electron chi connectivity index (χ2n) is 8.38. The number of hydrogen-bond acceptors (Lipinski definition) is 8. The number of fused-ring (bicyclic) bond motifs is 2. The highest BCUT2D eigenvalue weighted by Gasteiger charge is 2.48. The molecule has 2 aromatic carbocycles. The van der Waals surface area contributed by atoms with E-state index >= 15 is 0 Å². The van der Waals surface area contributed by atoms with Gasteiger partial charge in [-0.25, -0.2) is 4.79 Å². The zero-order chi connectivity index (χ0) is 23.5. The Morgan fingerprint density at radius 2 is 1.79 bits per heavy atom. The fourth-order valence-electron chi connectivity index (χ4n) is 4.42. The number of hydrogen-bond donors (Lipinski definition) is 5. The molecule has 2 aliphatic rings. The molecule has 9 nitrogen and oxygen atoms in total. The maximum Gasteiger partial charge on any atom is 0.335 e. The summed E-state index contributed by atoms with van der Waals surface area (Å²) in [4.78, 5) is 13.7. The Morgan fingerprint density at radius 1 is 1.06 bits per heavy atom. The number of aryl methyl sites for hydroxylation is 2. The van der Waals surface area contributed by atoms with Crippen LogP contribution in [0.25, 0.3) is 0 Å². The van der Waals surface area contributed by atoms with Crippen LogP contribution in [-0.2, 0) is 22.4 Å². The molecule has 4 rings (SSSR count). The number of benzene rings is 2. The van der Waals surface area contributed by atoms with Gasteiger partial charge in [0.15, 0.2) is 6.10 Å². The molecule has 0 unspecified atom stereocenters. The Labute approximate surface area is 192 Å². The first kappa shape index (κ1) is 23.5. The van der Waals surface area contributed by atoms with Crippen LogP contribution in [0.3, 0.4) is 0 Å². The van der Waals surface area contributed by atoms with Gasteiger partial charge in [-0.1, -0.05) is 18.2 Å². The van der Waals surface area contributed by atoms with E-state index in [1.54, 1.807) is 6.07 Å². The van der Waals surface area contributed by atoms with Gasteiger partial charge in [-0.05, 0) is 68.2 Å². The number of carbonyl (C=O) groups is 1. The minimum Gasteiger partial charge on any atom is -0.479 e. The lowest BCUT2D eigenvalue weighted by atomic mass is 9.99. The van der Waals surface area contributed by atoms with Crippen molar-refractivity contribution in [2.75, 3.05) is 25.0 Å². The predicted octanol–water partition coefficient (Wildman–Crippen LogP) is 0.804. The monoisotopic (exact) mass is 458 g/mol. The van der Waals surface area contributed by atoms with Crippen LogP contribution in [0.15, 0.2) is 42.5 Å². The van der Waals surface area contributed by atoms with Crippen molar-refractivity contribution in [1.82, 2.24) is 5.32 Å². The lowest BCUT2D eigenvalue weighted by Crippen LogP contribution is -2.61. The summed E-state index contributed by atoms with van der Waals surface area (Å²) in [7, 11) is 1.93. The number of rotatable bonds is 7. The lowest BCUT2D eigenvalue weighted by Gasteiger charge is -2.38. The molecule has 1 saturated heterocycles. The van der Waals surface area contributed by atoms with E-state index in [4.69, 9.17) is 9.47 Å². The standard InChI is InChI=1S/C24H30N2O7/c1-25-11-4-12-26-17-6-3-2-5-14(17)7-8-15-13-16(9-10-18(15)26)32-24-21(29)19(27)20(28)22(33-24)23(30)31/h2-3,5-6,9-10,13,19-22,24-25,27-29H,4,7-8,11-12H2,1H3,(H,30,31)/t19-,20+,21+,22-,24-/m0/s1. The minimum atomic E-state index is -1.76. The average molecular weight is 459 g/mol. The van der Waals surface area contributed by atoms with Crippen molar-refractivity contribution in [1.29, 1.82) is 0 Å². The van der Waals surface area contributed by atoms with Crippen molar-refractivity contribution in [2.45, 2.75) is 50.0 Å². The Bertz CT molecular complexity index is 985. The number of aliphatic carboxylic acids is 1. The highest BCUT2D eigenvalue weighted by molar-refractivity contribution is 5.73. The molecule has 5 N–H and O–H groups in total. The molecule has 0 bridgehead atoms. The largest absolute Gasteiger partial charge is 0.479 e. The van der Waals surface area contributed by atoms with E-state index in [1.807, 2.05) is 31.3 Å². The number of para-hydroxylation sites is 1. The van der Waals surface area contributed by atoms with Crippen molar-refractivity contribution in [3.8, 4) is 5.75 Å². The summed E-state index contributed by atoms with van der Waals surface area (Å²) in [5.41, 5.74) is 4.54. The Morgan fingerprint density at radius 3 is 2.55 bits per heavy atom. The van der Waals surface area contributed by atoms with Crippen molar-refractivity contribution < 1.29 is 34.7 Å². The van der Waals surface area contributed by atoms with Crippen LogP contribution in [0.5, 0.6) is 5.75 Å². The van der Waals surface area contributed by atoms with E-state index in [1.165, 1.54) is 11.3 Å². The van der Waals surface area contributed by atoms with Crippen LogP contribution < -0.4 is 15.0 Å². The van der Waals surface area contributed by atoms with Gasteiger partial charge in [-0.15, -0.1) is 0 Å². The van der Waals surface area contributed by atoms with Crippen LogP contribution in [-0.4, -0.2) is 77.2 Å². The van der Waals surface area contributed by atoms with Crippen molar-refractivity contribution in [2.24, 2.45) is 0 Å². The number of nitrogens with one attached hydrogen (secondary N) is 1. The molecule has 0 spiro atoms. The number of nitrogens with zero attached hydrogens (tertiary/aromatic N) is 1. The molecule has 0 amide bonds. The predicted molar refractivity (Wildman–Crippen MR) is 121 cm³/mol. The van der Waals surface area contributed by atoms with Gasteiger partial charge in [0.2, 0.25) is 6.29 Å². The van der Waals surface area contributed by atoms with Crippen LogP contribution in [0, 0.1) is 0 Å². The molecule has 0 saturated carbocycles. The quantitative estimate of drug-likeness (QED) is 0.382. The molecule has 33 heavy (non-hydrogen) atoms.